The third-order valence-corrected chi connectivity index (χ3v) is 1.16. The number of hydrogen-bond acceptors (Lipinski definition) is 2. The summed E-state index contributed by atoms with van der Waals surface area (Å²) in [6, 6.07) is 0. The van der Waals surface area contributed by atoms with E-state index in [-0.39, 0.29) is 6.29 Å². The highest BCUT2D eigenvalue weighted by atomic mass is 16.7. The van der Waals surface area contributed by atoms with E-state index in [0.717, 1.165) is 0 Å². The van der Waals surface area contributed by atoms with Crippen LogP contribution in [0.1, 0.15) is 13.8 Å². The highest BCUT2D eigenvalue weighted by Gasteiger charge is 1.94. The maximum Gasteiger partial charge on any atom is 0.176 e. The van der Waals surface area contributed by atoms with Gasteiger partial charge in [0.05, 0.1) is 0 Å². The second kappa shape index (κ2) is 6.13. The predicted octanol–water partition coefficient (Wildman–Crippen LogP) is 2.13. The van der Waals surface area contributed by atoms with E-state index in [2.05, 4.69) is 0 Å². The fourth-order valence-electron chi connectivity index (χ4n) is 0.592. The number of allylic oxidation sites excluding steroid dienone is 3. The van der Waals surface area contributed by atoms with E-state index in [0.29, 0.717) is 0 Å². The molecule has 0 unspecified atom stereocenters. The Kier molecular flexibility index (Phi) is 5.80. The summed E-state index contributed by atoms with van der Waals surface area (Å²) in [7, 11) is 3.22. The molecular formula is C9H16O2. The van der Waals surface area contributed by atoms with Crippen molar-refractivity contribution in [3.8, 4) is 0 Å². The molecule has 11 heavy (non-hydrogen) atoms. The monoisotopic (exact) mass is 156 g/mol. The van der Waals surface area contributed by atoms with E-state index in [1.54, 1.807) is 14.2 Å². The van der Waals surface area contributed by atoms with Gasteiger partial charge in [-0.25, -0.2) is 0 Å². The lowest BCUT2D eigenvalue weighted by molar-refractivity contribution is -0.0666. The van der Waals surface area contributed by atoms with Crippen molar-refractivity contribution in [2.45, 2.75) is 20.1 Å². The molecule has 0 rings (SSSR count). The Labute approximate surface area is 68.5 Å². The lowest BCUT2D eigenvalue weighted by atomic mass is 10.3. The van der Waals surface area contributed by atoms with Crippen LogP contribution < -0.4 is 0 Å². The van der Waals surface area contributed by atoms with Crippen LogP contribution >= 0.6 is 0 Å². The predicted molar refractivity (Wildman–Crippen MR) is 46.4 cm³/mol. The Morgan fingerprint density at radius 1 is 1.18 bits per heavy atom. The molecule has 0 aliphatic heterocycles. The van der Waals surface area contributed by atoms with Crippen molar-refractivity contribution in [2.24, 2.45) is 0 Å². The molecule has 0 amide bonds. The standard InChI is InChI=1S/C9H16O2/c1-8(2)6-5-7-9(10-3)11-4/h5-7,9H,1-4H3/b7-5+. The molecular weight excluding hydrogens is 140 g/mol. The van der Waals surface area contributed by atoms with Gasteiger partial charge in [-0.1, -0.05) is 17.7 Å². The average Bonchev–Trinajstić information content (AvgIpc) is 1.98. The average molecular weight is 156 g/mol. The highest BCUT2D eigenvalue weighted by molar-refractivity contribution is 5.08. The minimum atomic E-state index is -0.231. The van der Waals surface area contributed by atoms with Crippen molar-refractivity contribution in [1.29, 1.82) is 0 Å². The molecule has 0 N–H and O–H groups in total. The van der Waals surface area contributed by atoms with E-state index >= 15 is 0 Å². The summed E-state index contributed by atoms with van der Waals surface area (Å²) in [6.07, 6.45) is 5.55. The van der Waals surface area contributed by atoms with Gasteiger partial charge in [0.25, 0.3) is 0 Å². The summed E-state index contributed by atoms with van der Waals surface area (Å²) in [5, 5.41) is 0. The second-order valence-electron chi connectivity index (χ2n) is 2.47. The molecule has 2 nitrogen and oxygen atoms in total. The number of methoxy groups -OCH3 is 2. The van der Waals surface area contributed by atoms with Crippen LogP contribution in [0.3, 0.4) is 0 Å². The smallest absolute Gasteiger partial charge is 0.176 e. The minimum Gasteiger partial charge on any atom is -0.352 e. The third kappa shape index (κ3) is 5.83. The Morgan fingerprint density at radius 3 is 2.09 bits per heavy atom. The molecule has 0 aliphatic rings. The molecule has 0 aromatic carbocycles. The van der Waals surface area contributed by atoms with Crippen molar-refractivity contribution in [1.82, 2.24) is 0 Å². The normalized spacial score (nSPS) is 11.0. The zero-order chi connectivity index (χ0) is 8.69. The number of ether oxygens (including phenoxy) is 2. The van der Waals surface area contributed by atoms with Crippen LogP contribution in [0, 0.1) is 0 Å². The molecule has 0 aromatic heterocycles. The lowest BCUT2D eigenvalue weighted by Crippen LogP contribution is -2.08. The minimum absolute atomic E-state index is 0.231. The second-order valence-corrected chi connectivity index (χ2v) is 2.47. The largest absolute Gasteiger partial charge is 0.352 e. The van der Waals surface area contributed by atoms with Gasteiger partial charge in [-0.2, -0.15) is 0 Å². The quantitative estimate of drug-likeness (QED) is 0.458. The first-order chi connectivity index (χ1) is 5.20. The van der Waals surface area contributed by atoms with Crippen molar-refractivity contribution in [3.63, 3.8) is 0 Å². The van der Waals surface area contributed by atoms with Crippen molar-refractivity contribution < 1.29 is 9.47 Å². The zero-order valence-electron chi connectivity index (χ0n) is 7.63. The molecule has 0 saturated carbocycles. The first-order valence-corrected chi connectivity index (χ1v) is 3.58. The molecule has 0 saturated heterocycles. The van der Waals surface area contributed by atoms with E-state index in [1.807, 2.05) is 32.1 Å². The van der Waals surface area contributed by atoms with Gasteiger partial charge in [0.1, 0.15) is 0 Å². The van der Waals surface area contributed by atoms with Gasteiger partial charge in [-0.15, -0.1) is 0 Å². The summed E-state index contributed by atoms with van der Waals surface area (Å²) in [5.74, 6) is 0. The molecule has 64 valence electrons. The Balaban J connectivity index is 3.80. The van der Waals surface area contributed by atoms with Gasteiger partial charge in [0.2, 0.25) is 0 Å². The molecule has 0 atom stereocenters. The maximum absolute atomic E-state index is 4.94. The van der Waals surface area contributed by atoms with Gasteiger partial charge in [0, 0.05) is 14.2 Å². The Hall–Kier alpha value is -0.600. The topological polar surface area (TPSA) is 18.5 Å². The Bertz CT molecular complexity index is 140. The molecule has 0 aliphatic carbocycles. The molecule has 0 heterocycles. The maximum atomic E-state index is 4.94. The van der Waals surface area contributed by atoms with Crippen LogP contribution in [0.4, 0.5) is 0 Å². The van der Waals surface area contributed by atoms with Gasteiger partial charge >= 0.3 is 0 Å². The molecule has 0 radical (unpaired) electrons. The van der Waals surface area contributed by atoms with Crippen molar-refractivity contribution in [3.05, 3.63) is 23.8 Å². The lowest BCUT2D eigenvalue weighted by Gasteiger charge is -2.06. The summed E-state index contributed by atoms with van der Waals surface area (Å²) in [6.45, 7) is 4.08. The third-order valence-electron chi connectivity index (χ3n) is 1.16. The van der Waals surface area contributed by atoms with Crippen LogP contribution in [0.2, 0.25) is 0 Å². The van der Waals surface area contributed by atoms with E-state index in [4.69, 9.17) is 9.47 Å². The van der Waals surface area contributed by atoms with Crippen LogP contribution in [0.25, 0.3) is 0 Å². The van der Waals surface area contributed by atoms with Crippen molar-refractivity contribution >= 4 is 0 Å². The molecule has 2 heteroatoms. The van der Waals surface area contributed by atoms with Gasteiger partial charge in [-0.05, 0) is 19.9 Å². The number of hydrogen-bond donors (Lipinski definition) is 0. The molecule has 0 spiro atoms. The fourth-order valence-corrected chi connectivity index (χ4v) is 0.592. The van der Waals surface area contributed by atoms with Crippen LogP contribution in [-0.2, 0) is 9.47 Å². The van der Waals surface area contributed by atoms with Gasteiger partial charge in [-0.3, -0.25) is 0 Å². The zero-order valence-corrected chi connectivity index (χ0v) is 7.63. The van der Waals surface area contributed by atoms with E-state index in [9.17, 15) is 0 Å². The Morgan fingerprint density at radius 2 is 1.73 bits per heavy atom. The molecule has 0 aromatic rings. The summed E-state index contributed by atoms with van der Waals surface area (Å²) < 4.78 is 9.89. The SMILES string of the molecule is COC(/C=C/C=C(C)C)OC. The van der Waals surface area contributed by atoms with Gasteiger partial charge < -0.3 is 9.47 Å². The first kappa shape index (κ1) is 10.4. The van der Waals surface area contributed by atoms with Crippen LogP contribution in [0.15, 0.2) is 23.8 Å². The fraction of sp³-hybridized carbons (Fsp3) is 0.556. The van der Waals surface area contributed by atoms with E-state index in [1.165, 1.54) is 5.57 Å². The van der Waals surface area contributed by atoms with Crippen molar-refractivity contribution in [2.75, 3.05) is 14.2 Å². The van der Waals surface area contributed by atoms with Crippen LogP contribution in [-0.4, -0.2) is 20.5 Å². The summed E-state index contributed by atoms with van der Waals surface area (Å²) >= 11 is 0. The molecule has 0 bridgehead atoms. The summed E-state index contributed by atoms with van der Waals surface area (Å²) in [4.78, 5) is 0. The van der Waals surface area contributed by atoms with Crippen LogP contribution in [0.5, 0.6) is 0 Å². The summed E-state index contributed by atoms with van der Waals surface area (Å²) in [5.41, 5.74) is 1.26. The number of rotatable bonds is 4. The van der Waals surface area contributed by atoms with Gasteiger partial charge in [0.15, 0.2) is 6.29 Å². The highest BCUT2D eigenvalue weighted by Crippen LogP contribution is 1.95. The van der Waals surface area contributed by atoms with E-state index < -0.39 is 0 Å². The first-order valence-electron chi connectivity index (χ1n) is 3.58. The molecule has 0 fully saturated rings.